The maximum Gasteiger partial charge on any atom is 0.143 e. The lowest BCUT2D eigenvalue weighted by atomic mass is 10.3. The molecule has 0 amide bonds. The Morgan fingerprint density at radius 1 is 1.11 bits per heavy atom. The van der Waals surface area contributed by atoms with E-state index >= 15 is 0 Å². The molecule has 0 aliphatic carbocycles. The first-order valence-electron chi connectivity index (χ1n) is 5.02. The number of hydrogen-bond acceptors (Lipinski definition) is 4. The van der Waals surface area contributed by atoms with Gasteiger partial charge in [-0.2, -0.15) is 0 Å². The number of halogens is 2. The van der Waals surface area contributed by atoms with Crippen LogP contribution in [0.5, 0.6) is 17.2 Å². The van der Waals surface area contributed by atoms with Gasteiger partial charge >= 0.3 is 0 Å². The van der Waals surface area contributed by atoms with Crippen molar-refractivity contribution < 1.29 is 9.47 Å². The maximum atomic E-state index is 5.72. The fourth-order valence-electron chi connectivity index (χ4n) is 1.36. The molecule has 94 valence electrons. The minimum absolute atomic E-state index is 0.413. The number of methoxy groups -OCH3 is 1. The van der Waals surface area contributed by atoms with Crippen LogP contribution in [0.4, 0.5) is 5.82 Å². The molecule has 6 heteroatoms. The third-order valence-electron chi connectivity index (χ3n) is 2.19. The van der Waals surface area contributed by atoms with Gasteiger partial charge in [-0.1, -0.05) is 0 Å². The summed E-state index contributed by atoms with van der Waals surface area (Å²) in [6, 6.07) is 7.04. The number of aromatic nitrogens is 1. The van der Waals surface area contributed by atoms with Gasteiger partial charge in [0, 0.05) is 12.3 Å². The van der Waals surface area contributed by atoms with Crippen LogP contribution >= 0.6 is 31.9 Å². The number of ether oxygens (including phenoxy) is 2. The Kier molecular flexibility index (Phi) is 4.08. The van der Waals surface area contributed by atoms with E-state index in [2.05, 4.69) is 36.8 Å². The van der Waals surface area contributed by atoms with Gasteiger partial charge in [0.15, 0.2) is 0 Å². The largest absolute Gasteiger partial charge is 0.496 e. The first-order valence-corrected chi connectivity index (χ1v) is 6.61. The Morgan fingerprint density at radius 3 is 2.44 bits per heavy atom. The number of anilines is 1. The molecule has 2 N–H and O–H groups in total. The van der Waals surface area contributed by atoms with E-state index in [1.165, 1.54) is 0 Å². The normalized spacial score (nSPS) is 10.2. The Labute approximate surface area is 121 Å². The number of rotatable bonds is 3. The van der Waals surface area contributed by atoms with E-state index in [-0.39, 0.29) is 0 Å². The molecule has 2 rings (SSSR count). The lowest BCUT2D eigenvalue weighted by Crippen LogP contribution is -1.92. The minimum atomic E-state index is 0.413. The summed E-state index contributed by atoms with van der Waals surface area (Å²) in [6.45, 7) is 0. The second-order valence-electron chi connectivity index (χ2n) is 3.44. The van der Waals surface area contributed by atoms with Crippen LogP contribution in [0.1, 0.15) is 0 Å². The van der Waals surface area contributed by atoms with E-state index in [0.29, 0.717) is 17.3 Å². The van der Waals surface area contributed by atoms with Gasteiger partial charge in [0.1, 0.15) is 23.1 Å². The van der Waals surface area contributed by atoms with Crippen LogP contribution in [0.2, 0.25) is 0 Å². The van der Waals surface area contributed by atoms with Crippen LogP contribution in [0, 0.1) is 0 Å². The molecule has 0 saturated carbocycles. The molecular formula is C12H10Br2N2O2. The van der Waals surface area contributed by atoms with Crippen LogP contribution in [-0.2, 0) is 0 Å². The van der Waals surface area contributed by atoms with E-state index in [0.717, 1.165) is 14.7 Å². The smallest absolute Gasteiger partial charge is 0.143 e. The second kappa shape index (κ2) is 5.58. The fraction of sp³-hybridized carbons (Fsp3) is 0.0833. The van der Waals surface area contributed by atoms with Crippen molar-refractivity contribution in [3.05, 3.63) is 39.4 Å². The highest BCUT2D eigenvalue weighted by Gasteiger charge is 2.09. The lowest BCUT2D eigenvalue weighted by molar-refractivity contribution is 0.409. The standard InChI is InChI=1S/C12H10Br2N2O2/c1-17-10-5-9(14)11(6-8(10)13)18-7-2-3-16-12(15)4-7/h2-6H,1H3,(H2,15,16). The summed E-state index contributed by atoms with van der Waals surface area (Å²) in [6.07, 6.45) is 1.59. The molecule has 0 radical (unpaired) electrons. The second-order valence-corrected chi connectivity index (χ2v) is 5.14. The molecule has 1 aromatic heterocycles. The highest BCUT2D eigenvalue weighted by Crippen LogP contribution is 2.38. The van der Waals surface area contributed by atoms with E-state index in [1.54, 1.807) is 25.4 Å². The van der Waals surface area contributed by atoms with Crippen LogP contribution < -0.4 is 15.2 Å². The van der Waals surface area contributed by atoms with E-state index in [4.69, 9.17) is 15.2 Å². The van der Waals surface area contributed by atoms with Crippen molar-refractivity contribution in [2.24, 2.45) is 0 Å². The SMILES string of the molecule is COc1cc(Br)c(Oc2ccnc(N)c2)cc1Br. The Balaban J connectivity index is 2.32. The Hall–Kier alpha value is -1.27. The van der Waals surface area contributed by atoms with Crippen molar-refractivity contribution in [2.75, 3.05) is 12.8 Å². The zero-order valence-corrected chi connectivity index (χ0v) is 12.7. The van der Waals surface area contributed by atoms with Gasteiger partial charge in [-0.05, 0) is 50.1 Å². The minimum Gasteiger partial charge on any atom is -0.496 e. The molecule has 0 aliphatic rings. The number of nitrogens with zero attached hydrogens (tertiary/aromatic N) is 1. The number of nitrogens with two attached hydrogens (primary N) is 1. The first kappa shape index (κ1) is 13.2. The highest BCUT2D eigenvalue weighted by molar-refractivity contribution is 9.11. The van der Waals surface area contributed by atoms with E-state index in [1.807, 2.05) is 12.1 Å². The average Bonchev–Trinajstić information content (AvgIpc) is 2.33. The Bertz CT molecular complexity index is 576. The van der Waals surface area contributed by atoms with Crippen molar-refractivity contribution in [3.8, 4) is 17.2 Å². The molecule has 0 aliphatic heterocycles. The molecule has 1 aromatic carbocycles. The molecule has 0 spiro atoms. The van der Waals surface area contributed by atoms with Gasteiger partial charge < -0.3 is 15.2 Å². The quantitative estimate of drug-likeness (QED) is 0.883. The summed E-state index contributed by atoms with van der Waals surface area (Å²) in [5.74, 6) is 2.42. The zero-order valence-electron chi connectivity index (χ0n) is 9.48. The monoisotopic (exact) mass is 372 g/mol. The average molecular weight is 374 g/mol. The van der Waals surface area contributed by atoms with Gasteiger partial charge in [-0.15, -0.1) is 0 Å². The molecule has 0 fully saturated rings. The van der Waals surface area contributed by atoms with Crippen molar-refractivity contribution in [1.82, 2.24) is 4.98 Å². The van der Waals surface area contributed by atoms with Crippen LogP contribution in [-0.4, -0.2) is 12.1 Å². The molecule has 0 atom stereocenters. The third-order valence-corrected chi connectivity index (χ3v) is 3.43. The van der Waals surface area contributed by atoms with Crippen molar-refractivity contribution >= 4 is 37.7 Å². The van der Waals surface area contributed by atoms with Crippen LogP contribution in [0.25, 0.3) is 0 Å². The fourth-order valence-corrected chi connectivity index (χ4v) is 2.25. The topological polar surface area (TPSA) is 57.4 Å². The number of nitrogen functional groups attached to an aromatic ring is 1. The molecule has 0 unspecified atom stereocenters. The first-order chi connectivity index (χ1) is 8.60. The number of hydrogen-bond donors (Lipinski definition) is 1. The summed E-state index contributed by atoms with van der Waals surface area (Å²) in [4.78, 5) is 3.91. The molecule has 1 heterocycles. The van der Waals surface area contributed by atoms with Gasteiger partial charge in [-0.3, -0.25) is 0 Å². The van der Waals surface area contributed by atoms with Crippen LogP contribution in [0.15, 0.2) is 39.4 Å². The Morgan fingerprint density at radius 2 is 1.78 bits per heavy atom. The summed E-state index contributed by atoms with van der Waals surface area (Å²) in [5.41, 5.74) is 5.59. The summed E-state index contributed by atoms with van der Waals surface area (Å²) < 4.78 is 12.5. The van der Waals surface area contributed by atoms with Gasteiger partial charge in [0.25, 0.3) is 0 Å². The molecule has 0 saturated heterocycles. The number of benzene rings is 1. The molecule has 2 aromatic rings. The summed E-state index contributed by atoms with van der Waals surface area (Å²) >= 11 is 6.83. The number of pyridine rings is 1. The molecular weight excluding hydrogens is 364 g/mol. The van der Waals surface area contributed by atoms with Gasteiger partial charge in [-0.25, -0.2) is 4.98 Å². The van der Waals surface area contributed by atoms with Crippen molar-refractivity contribution in [1.29, 1.82) is 0 Å². The van der Waals surface area contributed by atoms with Crippen LogP contribution in [0.3, 0.4) is 0 Å². The molecule has 4 nitrogen and oxygen atoms in total. The highest BCUT2D eigenvalue weighted by atomic mass is 79.9. The lowest BCUT2D eigenvalue weighted by Gasteiger charge is -2.11. The van der Waals surface area contributed by atoms with E-state index < -0.39 is 0 Å². The predicted molar refractivity (Wildman–Crippen MR) is 77.1 cm³/mol. The summed E-state index contributed by atoms with van der Waals surface area (Å²) in [5, 5.41) is 0. The molecule has 18 heavy (non-hydrogen) atoms. The summed E-state index contributed by atoms with van der Waals surface area (Å²) in [7, 11) is 1.61. The third kappa shape index (κ3) is 2.94. The maximum absolute atomic E-state index is 5.72. The zero-order chi connectivity index (χ0) is 13.1. The van der Waals surface area contributed by atoms with E-state index in [9.17, 15) is 0 Å². The van der Waals surface area contributed by atoms with Gasteiger partial charge in [0.2, 0.25) is 0 Å². The van der Waals surface area contributed by atoms with Crippen molar-refractivity contribution in [2.45, 2.75) is 0 Å². The molecule has 0 bridgehead atoms. The van der Waals surface area contributed by atoms with Crippen molar-refractivity contribution in [3.63, 3.8) is 0 Å². The van der Waals surface area contributed by atoms with Gasteiger partial charge in [0.05, 0.1) is 16.1 Å². The predicted octanol–water partition coefficient (Wildman–Crippen LogP) is 3.99.